The van der Waals surface area contributed by atoms with Crippen molar-refractivity contribution in [3.8, 4) is 0 Å². The Labute approximate surface area is 154 Å². The first-order valence-electron chi connectivity index (χ1n) is 9.12. The summed E-state index contributed by atoms with van der Waals surface area (Å²) in [5.74, 6) is 0.00429. The number of carbonyl (C=O) groups excluding carboxylic acids is 1. The number of aryl methyl sites for hydroxylation is 2. The lowest BCUT2D eigenvalue weighted by Gasteiger charge is -2.43. The van der Waals surface area contributed by atoms with Gasteiger partial charge in [-0.2, -0.15) is 0 Å². The van der Waals surface area contributed by atoms with Crippen LogP contribution in [-0.2, 0) is 13.0 Å². The summed E-state index contributed by atoms with van der Waals surface area (Å²) in [6.45, 7) is 9.14. The highest BCUT2D eigenvalue weighted by molar-refractivity contribution is 5.95. The summed E-state index contributed by atoms with van der Waals surface area (Å²) in [6.07, 6.45) is 0.869. The Kier molecular flexibility index (Phi) is 3.83. The average Bonchev–Trinajstić information content (AvgIpc) is 2.60. The van der Waals surface area contributed by atoms with Gasteiger partial charge < -0.3 is 4.90 Å². The number of fused-ring (bicyclic) bond motifs is 2. The maximum Gasteiger partial charge on any atom is 0.273 e. The van der Waals surface area contributed by atoms with Crippen LogP contribution in [-0.4, -0.2) is 21.3 Å². The Morgan fingerprint density at radius 2 is 1.88 bits per heavy atom. The third-order valence-corrected chi connectivity index (χ3v) is 5.48. The van der Waals surface area contributed by atoms with E-state index in [1.165, 1.54) is 22.3 Å². The van der Waals surface area contributed by atoms with E-state index in [1.807, 2.05) is 29.2 Å². The number of hydrogen-bond acceptors (Lipinski definition) is 2. The third-order valence-electron chi connectivity index (χ3n) is 5.48. The number of pyridine rings is 1. The fourth-order valence-corrected chi connectivity index (χ4v) is 3.93. The third kappa shape index (κ3) is 2.78. The number of aromatic nitrogens is 1. The van der Waals surface area contributed by atoms with Crippen LogP contribution in [0, 0.1) is 13.8 Å². The summed E-state index contributed by atoms with van der Waals surface area (Å²) in [5.41, 5.74) is 6.28. The number of carbonyl (C=O) groups is 1. The van der Waals surface area contributed by atoms with Gasteiger partial charge in [0.1, 0.15) is 5.69 Å². The van der Waals surface area contributed by atoms with Crippen LogP contribution in [0.5, 0.6) is 0 Å². The van der Waals surface area contributed by atoms with Crippen molar-refractivity contribution in [2.45, 2.75) is 46.2 Å². The van der Waals surface area contributed by atoms with E-state index in [9.17, 15) is 4.79 Å². The van der Waals surface area contributed by atoms with Gasteiger partial charge >= 0.3 is 0 Å². The lowest BCUT2D eigenvalue weighted by atomic mass is 9.83. The van der Waals surface area contributed by atoms with E-state index in [-0.39, 0.29) is 11.4 Å². The zero-order valence-electron chi connectivity index (χ0n) is 15.8. The number of amides is 1. The number of hydrogen-bond donors (Lipinski definition) is 0. The summed E-state index contributed by atoms with van der Waals surface area (Å²) in [5, 5.41) is 1.07. The van der Waals surface area contributed by atoms with Gasteiger partial charge in [-0.15, -0.1) is 0 Å². The van der Waals surface area contributed by atoms with Crippen LogP contribution in [0.3, 0.4) is 0 Å². The molecule has 3 heteroatoms. The normalized spacial score (nSPS) is 15.8. The minimum absolute atomic E-state index is 0.00429. The highest BCUT2D eigenvalue weighted by Crippen LogP contribution is 2.33. The molecule has 3 aromatic rings. The highest BCUT2D eigenvalue weighted by Gasteiger charge is 2.37. The number of rotatable bonds is 1. The topological polar surface area (TPSA) is 33.2 Å². The molecule has 4 rings (SSSR count). The minimum atomic E-state index is -0.236. The standard InChI is InChI=1S/C23H24N2O/c1-15-8-10-20-17(12-15)9-11-21(24-20)22(26)25-14-18-7-5-6-16(2)19(18)13-23(25,3)4/h5-12H,13-14H2,1-4H3. The van der Waals surface area contributed by atoms with Crippen molar-refractivity contribution < 1.29 is 4.79 Å². The van der Waals surface area contributed by atoms with Crippen LogP contribution in [0.1, 0.15) is 46.6 Å². The van der Waals surface area contributed by atoms with Crippen LogP contribution >= 0.6 is 0 Å². The number of benzene rings is 2. The molecule has 2 aromatic carbocycles. The molecule has 1 aliphatic rings. The molecule has 26 heavy (non-hydrogen) atoms. The van der Waals surface area contributed by atoms with Crippen molar-refractivity contribution in [3.63, 3.8) is 0 Å². The first-order chi connectivity index (χ1) is 12.3. The van der Waals surface area contributed by atoms with Crippen LogP contribution in [0.4, 0.5) is 0 Å². The molecule has 1 aliphatic heterocycles. The molecule has 0 saturated heterocycles. The highest BCUT2D eigenvalue weighted by atomic mass is 16.2. The van der Waals surface area contributed by atoms with Gasteiger partial charge in [0, 0.05) is 17.5 Å². The van der Waals surface area contributed by atoms with E-state index >= 15 is 0 Å². The zero-order valence-corrected chi connectivity index (χ0v) is 15.8. The SMILES string of the molecule is Cc1ccc2nc(C(=O)N3Cc4cccc(C)c4CC3(C)C)ccc2c1. The molecule has 2 heterocycles. The summed E-state index contributed by atoms with van der Waals surface area (Å²) in [7, 11) is 0. The van der Waals surface area contributed by atoms with Crippen LogP contribution < -0.4 is 0 Å². The van der Waals surface area contributed by atoms with Crippen molar-refractivity contribution in [2.24, 2.45) is 0 Å². The van der Waals surface area contributed by atoms with Gasteiger partial charge in [-0.1, -0.05) is 35.9 Å². The Bertz CT molecular complexity index is 1020. The van der Waals surface area contributed by atoms with Crippen LogP contribution in [0.2, 0.25) is 0 Å². The maximum atomic E-state index is 13.3. The van der Waals surface area contributed by atoms with E-state index in [0.717, 1.165) is 17.3 Å². The van der Waals surface area contributed by atoms with E-state index in [2.05, 4.69) is 56.9 Å². The molecule has 0 saturated carbocycles. The quantitative estimate of drug-likeness (QED) is 0.633. The number of nitrogens with zero attached hydrogens (tertiary/aromatic N) is 2. The van der Waals surface area contributed by atoms with Gasteiger partial charge in [0.25, 0.3) is 5.91 Å². The Balaban J connectivity index is 1.72. The van der Waals surface area contributed by atoms with Crippen LogP contribution in [0.15, 0.2) is 48.5 Å². The maximum absolute atomic E-state index is 13.3. The molecular formula is C23H24N2O. The molecule has 0 radical (unpaired) electrons. The van der Waals surface area contributed by atoms with Gasteiger partial charge in [-0.25, -0.2) is 4.98 Å². The molecule has 132 valence electrons. The van der Waals surface area contributed by atoms with Crippen molar-refractivity contribution in [2.75, 3.05) is 0 Å². The van der Waals surface area contributed by atoms with Gasteiger partial charge in [-0.3, -0.25) is 4.79 Å². The Morgan fingerprint density at radius 1 is 1.08 bits per heavy atom. The largest absolute Gasteiger partial charge is 0.328 e. The molecule has 0 N–H and O–H groups in total. The second-order valence-electron chi connectivity index (χ2n) is 7.99. The summed E-state index contributed by atoms with van der Waals surface area (Å²) < 4.78 is 0. The van der Waals surface area contributed by atoms with E-state index in [1.54, 1.807) is 0 Å². The summed E-state index contributed by atoms with van der Waals surface area (Å²) in [4.78, 5) is 19.9. The van der Waals surface area contributed by atoms with Crippen molar-refractivity contribution in [1.29, 1.82) is 0 Å². The van der Waals surface area contributed by atoms with Gasteiger partial charge in [0.15, 0.2) is 0 Å². The van der Waals surface area contributed by atoms with E-state index in [4.69, 9.17) is 0 Å². The summed E-state index contributed by atoms with van der Waals surface area (Å²) >= 11 is 0. The van der Waals surface area contributed by atoms with Gasteiger partial charge in [0.05, 0.1) is 5.52 Å². The van der Waals surface area contributed by atoms with Crippen molar-refractivity contribution in [1.82, 2.24) is 9.88 Å². The van der Waals surface area contributed by atoms with Crippen molar-refractivity contribution in [3.05, 3.63) is 76.5 Å². The van der Waals surface area contributed by atoms with Crippen LogP contribution in [0.25, 0.3) is 10.9 Å². The molecule has 0 spiro atoms. The molecule has 0 aliphatic carbocycles. The van der Waals surface area contributed by atoms with Gasteiger partial charge in [-0.05, 0) is 69.0 Å². The lowest BCUT2D eigenvalue weighted by Crippen LogP contribution is -2.51. The monoisotopic (exact) mass is 344 g/mol. The van der Waals surface area contributed by atoms with Crippen molar-refractivity contribution >= 4 is 16.8 Å². The second kappa shape index (κ2) is 5.94. The molecule has 1 aromatic heterocycles. The second-order valence-corrected chi connectivity index (χ2v) is 7.99. The average molecular weight is 344 g/mol. The Morgan fingerprint density at radius 3 is 2.69 bits per heavy atom. The lowest BCUT2D eigenvalue weighted by molar-refractivity contribution is 0.0482. The molecule has 0 atom stereocenters. The molecule has 0 unspecified atom stereocenters. The molecule has 0 fully saturated rings. The fraction of sp³-hybridized carbons (Fsp3) is 0.304. The molecular weight excluding hydrogens is 320 g/mol. The molecule has 3 nitrogen and oxygen atoms in total. The minimum Gasteiger partial charge on any atom is -0.328 e. The van der Waals surface area contributed by atoms with Gasteiger partial charge in [0.2, 0.25) is 0 Å². The zero-order chi connectivity index (χ0) is 18.5. The predicted molar refractivity (Wildman–Crippen MR) is 105 cm³/mol. The predicted octanol–water partition coefficient (Wildman–Crippen LogP) is 4.83. The summed E-state index contributed by atoms with van der Waals surface area (Å²) in [6, 6.07) is 16.3. The Hall–Kier alpha value is -2.68. The smallest absolute Gasteiger partial charge is 0.273 e. The van der Waals surface area contributed by atoms with E-state index in [0.29, 0.717) is 12.2 Å². The first-order valence-corrected chi connectivity index (χ1v) is 9.12. The fourth-order valence-electron chi connectivity index (χ4n) is 3.93. The molecule has 1 amide bonds. The molecule has 0 bridgehead atoms. The first kappa shape index (κ1) is 16.8. The van der Waals surface area contributed by atoms with E-state index < -0.39 is 0 Å².